The van der Waals surface area contributed by atoms with Crippen molar-refractivity contribution in [3.8, 4) is 5.75 Å². The summed E-state index contributed by atoms with van der Waals surface area (Å²) in [5.74, 6) is 2.49. The lowest BCUT2D eigenvalue weighted by atomic mass is 10.1. The summed E-state index contributed by atoms with van der Waals surface area (Å²) in [7, 11) is 0. The first-order valence-electron chi connectivity index (χ1n) is 11.3. The lowest BCUT2D eigenvalue weighted by Gasteiger charge is -2.28. The summed E-state index contributed by atoms with van der Waals surface area (Å²) >= 11 is 1.68. The normalized spacial score (nSPS) is 14.0. The summed E-state index contributed by atoms with van der Waals surface area (Å²) in [6, 6.07) is 9.33. The minimum absolute atomic E-state index is 0.0110. The van der Waals surface area contributed by atoms with E-state index in [4.69, 9.17) is 14.7 Å². The van der Waals surface area contributed by atoms with Gasteiger partial charge in [0.2, 0.25) is 0 Å². The van der Waals surface area contributed by atoms with Crippen molar-refractivity contribution in [1.82, 2.24) is 25.1 Å². The zero-order valence-electron chi connectivity index (χ0n) is 18.5. The molecule has 2 aromatic heterocycles. The molecule has 8 nitrogen and oxygen atoms in total. The number of para-hydroxylation sites is 1. The second kappa shape index (κ2) is 11.2. The molecule has 1 aromatic carbocycles. The topological polar surface area (TPSA) is 85.2 Å². The van der Waals surface area contributed by atoms with Gasteiger partial charge in [0.25, 0.3) is 5.91 Å². The molecule has 1 saturated heterocycles. The molecular formula is C23H30N6O2S. The molecule has 1 N–H and O–H groups in total. The Bertz CT molecular complexity index is 1020. The molecule has 0 saturated carbocycles. The minimum atomic E-state index is -0.159. The van der Waals surface area contributed by atoms with Gasteiger partial charge in [-0.2, -0.15) is 5.10 Å². The minimum Gasteiger partial charge on any atom is -0.484 e. The van der Waals surface area contributed by atoms with E-state index < -0.39 is 0 Å². The van der Waals surface area contributed by atoms with Crippen LogP contribution >= 0.6 is 11.8 Å². The average molecular weight is 455 g/mol. The summed E-state index contributed by atoms with van der Waals surface area (Å²) in [6.45, 7) is 5.18. The number of hydrogen-bond donors (Lipinski definition) is 1. The van der Waals surface area contributed by atoms with Crippen LogP contribution < -0.4 is 15.0 Å². The third-order valence-corrected chi connectivity index (χ3v) is 6.36. The van der Waals surface area contributed by atoms with Crippen molar-refractivity contribution < 1.29 is 9.53 Å². The highest BCUT2D eigenvalue weighted by atomic mass is 32.2. The number of rotatable bonds is 10. The van der Waals surface area contributed by atoms with E-state index in [1.54, 1.807) is 11.8 Å². The fourth-order valence-electron chi connectivity index (χ4n) is 3.71. The largest absolute Gasteiger partial charge is 0.484 e. The molecule has 0 aliphatic carbocycles. The van der Waals surface area contributed by atoms with Crippen LogP contribution in [0.1, 0.15) is 32.6 Å². The SMILES string of the molecule is CCCSc1nc(N2CCCCC2)c2cnn(CCNC(=O)COc3ccccc3)c2n1. The first-order chi connectivity index (χ1) is 15.7. The quantitative estimate of drug-likeness (QED) is 0.371. The predicted octanol–water partition coefficient (Wildman–Crippen LogP) is 3.51. The molecule has 0 bridgehead atoms. The second-order valence-electron chi connectivity index (χ2n) is 7.78. The average Bonchev–Trinajstić information content (AvgIpc) is 3.25. The standard InChI is InChI=1S/C23H30N6O2S/c1-2-15-32-23-26-21(28-12-7-4-8-13-28)19-16-25-29(22(19)27-23)14-11-24-20(30)17-31-18-9-5-3-6-10-18/h3,5-6,9-10,16H,2,4,7-8,11-15,17H2,1H3,(H,24,30). The van der Waals surface area contributed by atoms with Gasteiger partial charge in [-0.3, -0.25) is 4.79 Å². The third kappa shape index (κ3) is 5.70. The van der Waals surface area contributed by atoms with Gasteiger partial charge >= 0.3 is 0 Å². The zero-order chi connectivity index (χ0) is 22.2. The van der Waals surface area contributed by atoms with Gasteiger partial charge in [-0.25, -0.2) is 14.6 Å². The first kappa shape index (κ1) is 22.4. The number of hydrogen-bond acceptors (Lipinski definition) is 7. The number of nitrogens with zero attached hydrogens (tertiary/aromatic N) is 5. The highest BCUT2D eigenvalue weighted by molar-refractivity contribution is 7.99. The van der Waals surface area contributed by atoms with Crippen LogP contribution in [0.15, 0.2) is 41.7 Å². The van der Waals surface area contributed by atoms with Gasteiger partial charge in [0.1, 0.15) is 11.6 Å². The molecule has 3 aromatic rings. The molecule has 1 amide bonds. The maximum Gasteiger partial charge on any atom is 0.258 e. The Kier molecular flexibility index (Phi) is 7.82. The molecule has 4 rings (SSSR count). The van der Waals surface area contributed by atoms with Crippen molar-refractivity contribution in [3.05, 3.63) is 36.5 Å². The molecule has 3 heterocycles. The third-order valence-electron chi connectivity index (χ3n) is 5.31. The highest BCUT2D eigenvalue weighted by Crippen LogP contribution is 2.29. The fraction of sp³-hybridized carbons (Fsp3) is 0.478. The van der Waals surface area contributed by atoms with Crippen LogP contribution in [-0.2, 0) is 11.3 Å². The number of nitrogens with one attached hydrogen (secondary N) is 1. The summed E-state index contributed by atoms with van der Waals surface area (Å²) in [5.41, 5.74) is 0.828. The molecule has 9 heteroatoms. The van der Waals surface area contributed by atoms with Crippen LogP contribution in [0, 0.1) is 0 Å². The Morgan fingerprint density at radius 2 is 1.97 bits per heavy atom. The number of fused-ring (bicyclic) bond motifs is 1. The maximum absolute atomic E-state index is 12.1. The van der Waals surface area contributed by atoms with E-state index in [2.05, 4.69) is 22.2 Å². The number of aromatic nitrogens is 4. The fourth-order valence-corrected chi connectivity index (χ4v) is 4.40. The molecule has 170 valence electrons. The van der Waals surface area contributed by atoms with E-state index >= 15 is 0 Å². The van der Waals surface area contributed by atoms with E-state index in [1.165, 1.54) is 19.3 Å². The summed E-state index contributed by atoms with van der Waals surface area (Å²) in [5, 5.41) is 9.23. The zero-order valence-corrected chi connectivity index (χ0v) is 19.3. The Labute approximate surface area is 192 Å². The number of carbonyl (C=O) groups is 1. The van der Waals surface area contributed by atoms with Crippen LogP contribution in [0.3, 0.4) is 0 Å². The molecule has 0 unspecified atom stereocenters. The van der Waals surface area contributed by atoms with Gasteiger partial charge in [-0.1, -0.05) is 36.9 Å². The molecule has 0 spiro atoms. The van der Waals surface area contributed by atoms with Gasteiger partial charge in [0.05, 0.1) is 18.1 Å². The van der Waals surface area contributed by atoms with Crippen molar-refractivity contribution >= 4 is 34.5 Å². The van der Waals surface area contributed by atoms with E-state index in [1.807, 2.05) is 41.2 Å². The van der Waals surface area contributed by atoms with Crippen molar-refractivity contribution in [2.24, 2.45) is 0 Å². The summed E-state index contributed by atoms with van der Waals surface area (Å²) < 4.78 is 7.36. The van der Waals surface area contributed by atoms with Crippen molar-refractivity contribution in [1.29, 1.82) is 0 Å². The van der Waals surface area contributed by atoms with Crippen molar-refractivity contribution in [2.75, 3.05) is 36.9 Å². The van der Waals surface area contributed by atoms with Gasteiger partial charge in [0.15, 0.2) is 17.4 Å². The van der Waals surface area contributed by atoms with E-state index in [0.29, 0.717) is 18.8 Å². The lowest BCUT2D eigenvalue weighted by Crippen LogP contribution is -2.32. The Morgan fingerprint density at radius 1 is 1.16 bits per heavy atom. The predicted molar refractivity (Wildman–Crippen MR) is 127 cm³/mol. The molecular weight excluding hydrogens is 424 g/mol. The molecule has 0 radical (unpaired) electrons. The maximum atomic E-state index is 12.1. The lowest BCUT2D eigenvalue weighted by molar-refractivity contribution is -0.123. The second-order valence-corrected chi connectivity index (χ2v) is 8.84. The van der Waals surface area contributed by atoms with Crippen LogP contribution in [0.25, 0.3) is 11.0 Å². The molecule has 32 heavy (non-hydrogen) atoms. The van der Waals surface area contributed by atoms with Gasteiger partial charge < -0.3 is 15.0 Å². The number of anilines is 1. The number of piperidine rings is 1. The smallest absolute Gasteiger partial charge is 0.258 e. The van der Waals surface area contributed by atoms with Gasteiger partial charge in [-0.15, -0.1) is 0 Å². The first-order valence-corrected chi connectivity index (χ1v) is 12.3. The molecule has 1 aliphatic rings. The number of carbonyl (C=O) groups excluding carboxylic acids is 1. The van der Waals surface area contributed by atoms with E-state index in [-0.39, 0.29) is 12.5 Å². The van der Waals surface area contributed by atoms with Crippen molar-refractivity contribution in [2.45, 2.75) is 44.3 Å². The van der Waals surface area contributed by atoms with Crippen LogP contribution in [0.5, 0.6) is 5.75 Å². The van der Waals surface area contributed by atoms with Crippen LogP contribution in [-0.4, -0.2) is 57.6 Å². The summed E-state index contributed by atoms with van der Waals surface area (Å²) in [4.78, 5) is 24.2. The van der Waals surface area contributed by atoms with Gasteiger partial charge in [0, 0.05) is 25.4 Å². The van der Waals surface area contributed by atoms with E-state index in [0.717, 1.165) is 47.3 Å². The van der Waals surface area contributed by atoms with Crippen molar-refractivity contribution in [3.63, 3.8) is 0 Å². The van der Waals surface area contributed by atoms with Crippen LogP contribution in [0.2, 0.25) is 0 Å². The Morgan fingerprint density at radius 3 is 2.75 bits per heavy atom. The summed E-state index contributed by atoms with van der Waals surface area (Å²) in [6.07, 6.45) is 6.58. The Hall–Kier alpha value is -2.81. The van der Waals surface area contributed by atoms with Gasteiger partial charge in [-0.05, 0) is 37.8 Å². The highest BCUT2D eigenvalue weighted by Gasteiger charge is 2.20. The van der Waals surface area contributed by atoms with E-state index in [9.17, 15) is 4.79 Å². The molecule has 1 fully saturated rings. The molecule has 1 aliphatic heterocycles. The van der Waals surface area contributed by atoms with Crippen LogP contribution in [0.4, 0.5) is 5.82 Å². The number of thioether (sulfide) groups is 1. The Balaban J connectivity index is 1.42. The monoisotopic (exact) mass is 454 g/mol. The number of amides is 1. The molecule has 0 atom stereocenters. The number of ether oxygens (including phenoxy) is 1. The number of benzene rings is 1.